The Labute approximate surface area is 190 Å². The minimum Gasteiger partial charge on any atom is -0.342 e. The number of likely N-dealkylation sites (N-methyl/N-ethyl adjacent to an activating group) is 1. The number of carbonyl (C=O) groups excluding carboxylic acids is 2. The summed E-state index contributed by atoms with van der Waals surface area (Å²) in [5.74, 6) is -0.308. The Morgan fingerprint density at radius 3 is 2.42 bits per heavy atom. The van der Waals surface area contributed by atoms with Crippen LogP contribution in [0.15, 0.2) is 30.3 Å². The summed E-state index contributed by atoms with van der Waals surface area (Å²) in [7, 11) is 1.71. The molecule has 2 atom stereocenters. The molecule has 7 nitrogen and oxygen atoms in total. The standard InChI is InChI=1S/C23H28F3N5O2/c1-3-19-11-20(28-27-19)17-10-16(15-4-6-18(7-5-15)23(24,25)26)12-31(13-17)22(33)30-9-8-29(2)21(32)14-30/h4-7,11,16-17H,3,8-10,12-14H2,1-2H3,(H,27,28). The monoisotopic (exact) mass is 463 g/mol. The number of hydrogen-bond donors (Lipinski definition) is 1. The van der Waals surface area contributed by atoms with Gasteiger partial charge >= 0.3 is 12.2 Å². The molecule has 3 amide bonds. The number of carbonyl (C=O) groups is 2. The van der Waals surface area contributed by atoms with Crippen molar-refractivity contribution in [1.29, 1.82) is 0 Å². The summed E-state index contributed by atoms with van der Waals surface area (Å²) in [5, 5.41) is 7.44. The minimum absolute atomic E-state index is 0.0316. The highest BCUT2D eigenvalue weighted by atomic mass is 19.4. The van der Waals surface area contributed by atoms with Crippen LogP contribution < -0.4 is 0 Å². The molecule has 1 N–H and O–H groups in total. The van der Waals surface area contributed by atoms with Gasteiger partial charge in [-0.05, 0) is 36.6 Å². The van der Waals surface area contributed by atoms with E-state index in [4.69, 9.17) is 0 Å². The first-order valence-corrected chi connectivity index (χ1v) is 11.1. The minimum atomic E-state index is -4.39. The van der Waals surface area contributed by atoms with E-state index in [0.29, 0.717) is 32.6 Å². The highest BCUT2D eigenvalue weighted by Crippen LogP contribution is 2.37. The lowest BCUT2D eigenvalue weighted by molar-refractivity contribution is -0.137. The van der Waals surface area contributed by atoms with Crippen molar-refractivity contribution in [2.45, 2.75) is 37.8 Å². The Hall–Kier alpha value is -3.04. The molecule has 1 aromatic heterocycles. The maximum atomic E-state index is 13.3. The second-order valence-electron chi connectivity index (χ2n) is 8.85. The van der Waals surface area contributed by atoms with Gasteiger partial charge in [0.25, 0.3) is 0 Å². The number of benzene rings is 1. The van der Waals surface area contributed by atoms with Crippen molar-refractivity contribution in [1.82, 2.24) is 24.9 Å². The summed E-state index contributed by atoms with van der Waals surface area (Å²) in [4.78, 5) is 30.3. The van der Waals surface area contributed by atoms with Gasteiger partial charge in [0, 0.05) is 50.8 Å². The van der Waals surface area contributed by atoms with Crippen molar-refractivity contribution in [3.63, 3.8) is 0 Å². The van der Waals surface area contributed by atoms with Crippen LogP contribution in [-0.2, 0) is 17.4 Å². The van der Waals surface area contributed by atoms with E-state index in [2.05, 4.69) is 10.2 Å². The summed E-state index contributed by atoms with van der Waals surface area (Å²) in [6.07, 6.45) is -2.92. The number of aryl methyl sites for hydroxylation is 1. The van der Waals surface area contributed by atoms with Crippen molar-refractivity contribution in [3.8, 4) is 0 Å². The number of amides is 3. The highest BCUT2D eigenvalue weighted by Gasteiger charge is 2.37. The molecule has 10 heteroatoms. The number of rotatable bonds is 3. The van der Waals surface area contributed by atoms with E-state index in [0.717, 1.165) is 35.5 Å². The molecule has 4 rings (SSSR count). The molecule has 0 aliphatic carbocycles. The molecule has 0 bridgehead atoms. The second kappa shape index (κ2) is 9.07. The van der Waals surface area contributed by atoms with E-state index < -0.39 is 11.7 Å². The first-order chi connectivity index (χ1) is 15.7. The van der Waals surface area contributed by atoms with Gasteiger partial charge in [-0.2, -0.15) is 18.3 Å². The molecule has 1 aromatic carbocycles. The number of halogens is 3. The Bertz CT molecular complexity index is 1000. The molecular weight excluding hydrogens is 435 g/mol. The molecule has 2 fully saturated rings. The topological polar surface area (TPSA) is 72.5 Å². The van der Waals surface area contributed by atoms with E-state index in [9.17, 15) is 22.8 Å². The van der Waals surface area contributed by atoms with Gasteiger partial charge < -0.3 is 14.7 Å². The molecular formula is C23H28F3N5O2. The number of nitrogens with one attached hydrogen (secondary N) is 1. The quantitative estimate of drug-likeness (QED) is 0.758. The zero-order valence-corrected chi connectivity index (χ0v) is 18.7. The number of aromatic nitrogens is 2. The fraction of sp³-hybridized carbons (Fsp3) is 0.522. The summed E-state index contributed by atoms with van der Waals surface area (Å²) in [6, 6.07) is 6.95. The number of aromatic amines is 1. The van der Waals surface area contributed by atoms with E-state index in [1.165, 1.54) is 12.1 Å². The number of likely N-dealkylation sites (tertiary alicyclic amines) is 1. The Morgan fingerprint density at radius 1 is 1.12 bits per heavy atom. The molecule has 2 unspecified atom stereocenters. The van der Waals surface area contributed by atoms with Crippen LogP contribution in [-0.4, -0.2) is 76.6 Å². The average Bonchev–Trinajstić information content (AvgIpc) is 3.29. The van der Waals surface area contributed by atoms with Crippen molar-refractivity contribution < 1.29 is 22.8 Å². The van der Waals surface area contributed by atoms with Crippen LogP contribution in [0.1, 0.15) is 47.7 Å². The number of hydrogen-bond acceptors (Lipinski definition) is 3. The Balaban J connectivity index is 1.58. The third-order valence-corrected chi connectivity index (χ3v) is 6.61. The van der Waals surface area contributed by atoms with Crippen molar-refractivity contribution >= 4 is 11.9 Å². The van der Waals surface area contributed by atoms with E-state index in [1.807, 2.05) is 13.0 Å². The fourth-order valence-corrected chi connectivity index (χ4v) is 4.55. The number of piperidine rings is 1. The van der Waals surface area contributed by atoms with Crippen LogP contribution in [0.25, 0.3) is 0 Å². The highest BCUT2D eigenvalue weighted by molar-refractivity contribution is 5.85. The number of urea groups is 1. The van der Waals surface area contributed by atoms with Crippen LogP contribution in [0.3, 0.4) is 0 Å². The van der Waals surface area contributed by atoms with Crippen LogP contribution in [0.2, 0.25) is 0 Å². The lowest BCUT2D eigenvalue weighted by Crippen LogP contribution is -2.56. The second-order valence-corrected chi connectivity index (χ2v) is 8.85. The summed E-state index contributed by atoms with van der Waals surface area (Å²) in [5.41, 5.74) is 1.90. The van der Waals surface area contributed by atoms with Crippen molar-refractivity contribution in [2.24, 2.45) is 0 Å². The van der Waals surface area contributed by atoms with Crippen LogP contribution in [0.5, 0.6) is 0 Å². The van der Waals surface area contributed by atoms with Crippen molar-refractivity contribution in [3.05, 3.63) is 52.8 Å². The maximum Gasteiger partial charge on any atom is 0.416 e. The lowest BCUT2D eigenvalue weighted by Gasteiger charge is -2.41. The normalized spacial score (nSPS) is 22.1. The van der Waals surface area contributed by atoms with Gasteiger partial charge in [0.05, 0.1) is 11.3 Å². The molecule has 33 heavy (non-hydrogen) atoms. The van der Waals surface area contributed by atoms with Gasteiger partial charge in [0.15, 0.2) is 0 Å². The smallest absolute Gasteiger partial charge is 0.342 e. The number of H-pyrrole nitrogens is 1. The van der Waals surface area contributed by atoms with Gasteiger partial charge in [-0.25, -0.2) is 4.79 Å². The van der Waals surface area contributed by atoms with Gasteiger partial charge in [-0.15, -0.1) is 0 Å². The predicted octanol–water partition coefficient (Wildman–Crippen LogP) is 3.46. The molecule has 0 saturated carbocycles. The lowest BCUT2D eigenvalue weighted by atomic mass is 9.82. The number of nitrogens with zero attached hydrogens (tertiary/aromatic N) is 4. The van der Waals surface area contributed by atoms with Gasteiger partial charge in [-0.1, -0.05) is 19.1 Å². The summed E-state index contributed by atoms with van der Waals surface area (Å²) >= 11 is 0. The maximum absolute atomic E-state index is 13.3. The van der Waals surface area contributed by atoms with E-state index >= 15 is 0 Å². The van der Waals surface area contributed by atoms with Crippen LogP contribution in [0, 0.1) is 0 Å². The van der Waals surface area contributed by atoms with Gasteiger partial charge in [-0.3, -0.25) is 9.89 Å². The number of piperazine rings is 1. The molecule has 2 aromatic rings. The van der Waals surface area contributed by atoms with E-state index in [-0.39, 0.29) is 30.3 Å². The van der Waals surface area contributed by atoms with Crippen LogP contribution in [0.4, 0.5) is 18.0 Å². The zero-order valence-electron chi connectivity index (χ0n) is 18.7. The molecule has 178 valence electrons. The fourth-order valence-electron chi connectivity index (χ4n) is 4.55. The SMILES string of the molecule is CCc1cc(C2CC(c3ccc(C(F)(F)F)cc3)CN(C(=O)N3CCN(C)C(=O)C3)C2)n[nH]1. The number of alkyl halides is 3. The Kier molecular flexibility index (Phi) is 6.36. The zero-order chi connectivity index (χ0) is 23.8. The summed E-state index contributed by atoms with van der Waals surface area (Å²) < 4.78 is 39.0. The van der Waals surface area contributed by atoms with Crippen LogP contribution >= 0.6 is 0 Å². The van der Waals surface area contributed by atoms with Crippen molar-refractivity contribution in [2.75, 3.05) is 39.8 Å². The Morgan fingerprint density at radius 2 is 1.82 bits per heavy atom. The average molecular weight is 464 g/mol. The predicted molar refractivity (Wildman–Crippen MR) is 116 cm³/mol. The third kappa shape index (κ3) is 4.99. The largest absolute Gasteiger partial charge is 0.416 e. The summed E-state index contributed by atoms with van der Waals surface area (Å²) in [6.45, 7) is 3.81. The molecule has 2 aliphatic rings. The molecule has 2 saturated heterocycles. The first kappa shape index (κ1) is 23.1. The molecule has 0 radical (unpaired) electrons. The molecule has 3 heterocycles. The van der Waals surface area contributed by atoms with Gasteiger partial charge in [0.1, 0.15) is 6.54 Å². The molecule has 0 spiro atoms. The van der Waals surface area contributed by atoms with E-state index in [1.54, 1.807) is 21.7 Å². The van der Waals surface area contributed by atoms with Gasteiger partial charge in [0.2, 0.25) is 5.91 Å². The first-order valence-electron chi connectivity index (χ1n) is 11.1. The molecule has 2 aliphatic heterocycles. The third-order valence-electron chi connectivity index (χ3n) is 6.61.